The summed E-state index contributed by atoms with van der Waals surface area (Å²) in [6.45, 7) is 4.52. The van der Waals surface area contributed by atoms with Gasteiger partial charge in [-0.2, -0.15) is 4.37 Å². The standard InChI is InChI=1S/C20H23N5OS/c1-14-11-17(27-23-14)19(26)25-10-4-9-24(12-20(25)7-8-20)18-15-5-2-3-6-16(15)21-13-22-18/h2,5,11,13H,3-4,6-10,12H2,1H3. The van der Waals surface area contributed by atoms with E-state index in [1.807, 2.05) is 13.0 Å². The van der Waals surface area contributed by atoms with Crippen LogP contribution in [-0.4, -0.2) is 50.3 Å². The second-order valence-corrected chi connectivity index (χ2v) is 8.59. The first-order chi connectivity index (χ1) is 13.2. The molecule has 2 aromatic rings. The molecule has 1 spiro atoms. The number of amides is 1. The van der Waals surface area contributed by atoms with E-state index in [9.17, 15) is 4.79 Å². The summed E-state index contributed by atoms with van der Waals surface area (Å²) < 4.78 is 4.29. The Morgan fingerprint density at radius 2 is 2.15 bits per heavy atom. The normalized spacial score (nSPS) is 20.5. The van der Waals surface area contributed by atoms with Gasteiger partial charge in [-0.05, 0) is 56.6 Å². The van der Waals surface area contributed by atoms with Crippen molar-refractivity contribution in [3.8, 4) is 0 Å². The van der Waals surface area contributed by atoms with Crippen LogP contribution in [0, 0.1) is 6.92 Å². The molecule has 1 saturated heterocycles. The zero-order chi connectivity index (χ0) is 18.4. The number of aryl methyl sites for hydroxylation is 2. The molecule has 0 unspecified atom stereocenters. The molecule has 2 fully saturated rings. The van der Waals surface area contributed by atoms with E-state index in [0.29, 0.717) is 0 Å². The fourth-order valence-electron chi connectivity index (χ4n) is 4.31. The summed E-state index contributed by atoms with van der Waals surface area (Å²) >= 11 is 1.32. The van der Waals surface area contributed by atoms with E-state index >= 15 is 0 Å². The van der Waals surface area contributed by atoms with E-state index in [4.69, 9.17) is 0 Å². The lowest BCUT2D eigenvalue weighted by Crippen LogP contribution is -2.46. The van der Waals surface area contributed by atoms with Crippen LogP contribution in [0.5, 0.6) is 0 Å². The number of carbonyl (C=O) groups excluding carboxylic acids is 1. The molecule has 27 heavy (non-hydrogen) atoms. The lowest BCUT2D eigenvalue weighted by Gasteiger charge is -2.33. The summed E-state index contributed by atoms with van der Waals surface area (Å²) in [6, 6.07) is 1.91. The lowest BCUT2D eigenvalue weighted by atomic mass is 10.0. The first-order valence-corrected chi connectivity index (χ1v) is 10.4. The fraction of sp³-hybridized carbons (Fsp3) is 0.500. The number of nitrogens with zero attached hydrogens (tertiary/aromatic N) is 5. The van der Waals surface area contributed by atoms with Crippen molar-refractivity contribution in [3.05, 3.63) is 40.3 Å². The fourth-order valence-corrected chi connectivity index (χ4v) is 5.02. The SMILES string of the molecule is Cc1cc(C(=O)N2CCCN(c3ncnc4c3C=CCC4)CC23CC3)sn1. The third kappa shape index (κ3) is 2.94. The monoisotopic (exact) mass is 381 g/mol. The number of rotatable bonds is 2. The first-order valence-electron chi connectivity index (χ1n) is 9.67. The first kappa shape index (κ1) is 16.9. The van der Waals surface area contributed by atoms with Crippen molar-refractivity contribution in [1.82, 2.24) is 19.2 Å². The van der Waals surface area contributed by atoms with Crippen LogP contribution in [0.1, 0.15) is 52.3 Å². The minimum absolute atomic E-state index is 0.0539. The van der Waals surface area contributed by atoms with Gasteiger partial charge in [0.1, 0.15) is 17.0 Å². The molecule has 0 radical (unpaired) electrons. The van der Waals surface area contributed by atoms with Gasteiger partial charge in [0, 0.05) is 25.2 Å². The Kier molecular flexibility index (Phi) is 4.00. The highest BCUT2D eigenvalue weighted by Crippen LogP contribution is 2.45. The highest BCUT2D eigenvalue weighted by Gasteiger charge is 2.52. The smallest absolute Gasteiger partial charge is 0.266 e. The largest absolute Gasteiger partial charge is 0.354 e. The summed E-state index contributed by atoms with van der Waals surface area (Å²) in [6.07, 6.45) is 11.2. The Balaban J connectivity index is 1.44. The highest BCUT2D eigenvalue weighted by molar-refractivity contribution is 7.08. The number of hydrogen-bond donors (Lipinski definition) is 0. The predicted octanol–water partition coefficient (Wildman–Crippen LogP) is 3.09. The molecule has 6 nitrogen and oxygen atoms in total. The Labute approximate surface area is 163 Å². The Bertz CT molecular complexity index is 917. The minimum atomic E-state index is -0.0539. The number of hydrogen-bond acceptors (Lipinski definition) is 6. The zero-order valence-corrected chi connectivity index (χ0v) is 16.3. The molecule has 1 aliphatic heterocycles. The number of allylic oxidation sites excluding steroid dienone is 1. The number of fused-ring (bicyclic) bond motifs is 1. The number of carbonyl (C=O) groups is 1. The molecule has 3 heterocycles. The average molecular weight is 382 g/mol. The number of anilines is 1. The van der Waals surface area contributed by atoms with Crippen LogP contribution < -0.4 is 4.90 Å². The van der Waals surface area contributed by atoms with Crippen molar-refractivity contribution in [1.29, 1.82) is 0 Å². The zero-order valence-electron chi connectivity index (χ0n) is 15.5. The summed E-state index contributed by atoms with van der Waals surface area (Å²) in [4.78, 5) is 27.5. The van der Waals surface area contributed by atoms with Gasteiger partial charge in [-0.3, -0.25) is 4.79 Å². The maximum Gasteiger partial charge on any atom is 0.266 e. The van der Waals surface area contributed by atoms with Gasteiger partial charge in [0.2, 0.25) is 0 Å². The molecule has 1 amide bonds. The van der Waals surface area contributed by atoms with Crippen molar-refractivity contribution < 1.29 is 4.79 Å². The third-order valence-corrected chi connectivity index (χ3v) is 6.72. The van der Waals surface area contributed by atoms with Crippen LogP contribution in [0.15, 0.2) is 18.5 Å². The van der Waals surface area contributed by atoms with Crippen LogP contribution in [0.3, 0.4) is 0 Å². The molecule has 1 saturated carbocycles. The van der Waals surface area contributed by atoms with Gasteiger partial charge >= 0.3 is 0 Å². The Morgan fingerprint density at radius 1 is 1.26 bits per heavy atom. The molecule has 0 atom stereocenters. The van der Waals surface area contributed by atoms with Gasteiger partial charge in [0.15, 0.2) is 0 Å². The topological polar surface area (TPSA) is 62.2 Å². The highest BCUT2D eigenvalue weighted by atomic mass is 32.1. The van der Waals surface area contributed by atoms with Crippen LogP contribution in [0.25, 0.3) is 6.08 Å². The van der Waals surface area contributed by atoms with Crippen molar-refractivity contribution in [2.24, 2.45) is 0 Å². The van der Waals surface area contributed by atoms with Crippen molar-refractivity contribution in [2.45, 2.75) is 44.6 Å². The summed E-state index contributed by atoms with van der Waals surface area (Å²) in [5.74, 6) is 1.18. The van der Waals surface area contributed by atoms with Crippen molar-refractivity contribution >= 4 is 29.3 Å². The van der Waals surface area contributed by atoms with Gasteiger partial charge < -0.3 is 9.80 Å². The molecule has 0 N–H and O–H groups in total. The van der Waals surface area contributed by atoms with Gasteiger partial charge in [-0.1, -0.05) is 12.2 Å². The average Bonchev–Trinajstić information content (AvgIpc) is 3.38. The van der Waals surface area contributed by atoms with E-state index < -0.39 is 0 Å². The summed E-state index contributed by atoms with van der Waals surface area (Å²) in [7, 11) is 0. The number of aromatic nitrogens is 3. The van der Waals surface area contributed by atoms with Crippen LogP contribution >= 0.6 is 11.5 Å². The molecule has 2 aromatic heterocycles. The van der Waals surface area contributed by atoms with Gasteiger partial charge in [0.25, 0.3) is 5.91 Å². The predicted molar refractivity (Wildman–Crippen MR) is 106 cm³/mol. The minimum Gasteiger partial charge on any atom is -0.354 e. The van der Waals surface area contributed by atoms with Gasteiger partial charge in [-0.15, -0.1) is 0 Å². The van der Waals surface area contributed by atoms with Crippen LogP contribution in [0.2, 0.25) is 0 Å². The Morgan fingerprint density at radius 3 is 2.93 bits per heavy atom. The lowest BCUT2D eigenvalue weighted by molar-refractivity contribution is 0.0674. The van der Waals surface area contributed by atoms with E-state index in [1.54, 1.807) is 6.33 Å². The van der Waals surface area contributed by atoms with Crippen molar-refractivity contribution in [3.63, 3.8) is 0 Å². The van der Waals surface area contributed by atoms with Gasteiger partial charge in [0.05, 0.1) is 16.9 Å². The quantitative estimate of drug-likeness (QED) is 0.800. The maximum atomic E-state index is 13.1. The molecule has 0 bridgehead atoms. The van der Waals surface area contributed by atoms with E-state index in [0.717, 1.165) is 79.4 Å². The van der Waals surface area contributed by atoms with E-state index in [-0.39, 0.29) is 11.4 Å². The molecule has 140 valence electrons. The van der Waals surface area contributed by atoms with E-state index in [1.165, 1.54) is 11.5 Å². The van der Waals surface area contributed by atoms with E-state index in [2.05, 4.69) is 36.3 Å². The van der Waals surface area contributed by atoms with Crippen molar-refractivity contribution in [2.75, 3.05) is 24.5 Å². The summed E-state index contributed by atoms with van der Waals surface area (Å²) in [5.41, 5.74) is 3.17. The molecular weight excluding hydrogens is 358 g/mol. The third-order valence-electron chi connectivity index (χ3n) is 5.86. The second kappa shape index (κ2) is 6.41. The van der Waals surface area contributed by atoms with Crippen LogP contribution in [0.4, 0.5) is 5.82 Å². The molecule has 2 aliphatic carbocycles. The maximum absolute atomic E-state index is 13.1. The second-order valence-electron chi connectivity index (χ2n) is 7.79. The molecular formula is C20H23N5OS. The molecule has 0 aromatic carbocycles. The van der Waals surface area contributed by atoms with Crippen LogP contribution in [-0.2, 0) is 6.42 Å². The molecule has 5 rings (SSSR count). The molecule has 3 aliphatic rings. The molecule has 7 heteroatoms. The summed E-state index contributed by atoms with van der Waals surface area (Å²) in [5, 5.41) is 0. The Hall–Kier alpha value is -2.28. The van der Waals surface area contributed by atoms with Gasteiger partial charge in [-0.25, -0.2) is 9.97 Å².